The number of pyridine rings is 1. The number of nitrogens with two attached hydrogens (primary N) is 1. The van der Waals surface area contributed by atoms with Crippen LogP contribution in [0.4, 0.5) is 10.3 Å². The number of nitrogen functional groups attached to an aromatic ring is 1. The molecule has 2 aliphatic rings. The second-order valence-electron chi connectivity index (χ2n) is 8.55. The van der Waals surface area contributed by atoms with Crippen LogP contribution in [0.5, 0.6) is 0 Å². The molecule has 7 nitrogen and oxygen atoms in total. The maximum Gasteiger partial charge on any atom is 0.220 e. The van der Waals surface area contributed by atoms with E-state index in [2.05, 4.69) is 25.0 Å². The smallest absolute Gasteiger partial charge is 0.220 e. The van der Waals surface area contributed by atoms with E-state index in [1.807, 2.05) is 32.2 Å². The molecule has 5 rings (SSSR count). The Labute approximate surface area is 186 Å². The summed E-state index contributed by atoms with van der Waals surface area (Å²) in [6.45, 7) is 3.63. The number of benzene rings is 1. The van der Waals surface area contributed by atoms with E-state index in [0.29, 0.717) is 12.8 Å². The fourth-order valence-electron chi connectivity index (χ4n) is 4.63. The summed E-state index contributed by atoms with van der Waals surface area (Å²) < 4.78 is 14.2. The lowest BCUT2D eigenvalue weighted by Gasteiger charge is -2.34. The van der Waals surface area contributed by atoms with Crippen LogP contribution >= 0.6 is 0 Å². The zero-order chi connectivity index (χ0) is 22.2. The number of anilines is 1. The van der Waals surface area contributed by atoms with E-state index in [4.69, 9.17) is 10.6 Å². The summed E-state index contributed by atoms with van der Waals surface area (Å²) in [6.07, 6.45) is 4.85. The minimum atomic E-state index is -0.280. The van der Waals surface area contributed by atoms with Crippen molar-refractivity contribution < 1.29 is 9.23 Å². The molecule has 3 heterocycles. The zero-order valence-corrected chi connectivity index (χ0v) is 18.1. The fourth-order valence-corrected chi connectivity index (χ4v) is 4.63. The molecule has 0 bridgehead atoms. The van der Waals surface area contributed by atoms with Gasteiger partial charge in [-0.15, -0.1) is 0 Å². The monoisotopic (exact) mass is 432 g/mol. The number of oxime groups is 1. The van der Waals surface area contributed by atoms with Crippen LogP contribution in [-0.2, 0) is 11.3 Å². The van der Waals surface area contributed by atoms with E-state index in [-0.39, 0.29) is 23.8 Å². The van der Waals surface area contributed by atoms with E-state index in [1.54, 1.807) is 18.5 Å². The predicted octanol–water partition coefficient (Wildman–Crippen LogP) is 3.33. The molecule has 8 heteroatoms. The van der Waals surface area contributed by atoms with Gasteiger partial charge in [0.1, 0.15) is 5.82 Å². The van der Waals surface area contributed by atoms with Crippen molar-refractivity contribution in [3.8, 4) is 11.1 Å². The third kappa shape index (κ3) is 3.93. The van der Waals surface area contributed by atoms with Gasteiger partial charge in [0.2, 0.25) is 5.95 Å². The summed E-state index contributed by atoms with van der Waals surface area (Å²) in [5.41, 5.74) is 12.1. The molecule has 1 aromatic carbocycles. The zero-order valence-electron chi connectivity index (χ0n) is 18.1. The van der Waals surface area contributed by atoms with Gasteiger partial charge in [-0.1, -0.05) is 17.3 Å². The van der Waals surface area contributed by atoms with Crippen LogP contribution in [0.2, 0.25) is 0 Å². The second kappa shape index (κ2) is 8.27. The molecule has 1 atom stereocenters. The molecule has 2 N–H and O–H groups in total. The third-order valence-corrected chi connectivity index (χ3v) is 6.12. The first-order chi connectivity index (χ1) is 15.5. The maximum absolute atomic E-state index is 14.2. The van der Waals surface area contributed by atoms with Gasteiger partial charge in [0.05, 0.1) is 17.1 Å². The number of fused-ring (bicyclic) bond motifs is 1. The highest BCUT2D eigenvalue weighted by molar-refractivity contribution is 6.03. The number of hydrogen-bond acceptors (Lipinski definition) is 7. The van der Waals surface area contributed by atoms with Crippen molar-refractivity contribution in [2.24, 2.45) is 5.16 Å². The molecule has 0 unspecified atom stereocenters. The number of halogens is 1. The fraction of sp³-hybridized carbons (Fsp3) is 0.333. The lowest BCUT2D eigenvalue weighted by Crippen LogP contribution is -2.49. The van der Waals surface area contributed by atoms with Gasteiger partial charge in [0.15, 0.2) is 6.10 Å². The van der Waals surface area contributed by atoms with Crippen LogP contribution in [0.25, 0.3) is 11.1 Å². The Morgan fingerprint density at radius 3 is 2.78 bits per heavy atom. The Morgan fingerprint density at radius 1 is 1.19 bits per heavy atom. The highest BCUT2D eigenvalue weighted by Gasteiger charge is 2.32. The van der Waals surface area contributed by atoms with Crippen molar-refractivity contribution in [1.29, 1.82) is 0 Å². The molecule has 0 amide bonds. The molecule has 3 aromatic rings. The number of hydrogen-bond donors (Lipinski definition) is 1. The molecule has 1 aliphatic carbocycles. The molecule has 0 saturated carbocycles. The molecule has 1 aliphatic heterocycles. The van der Waals surface area contributed by atoms with Gasteiger partial charge in [-0.2, -0.15) is 0 Å². The van der Waals surface area contributed by atoms with E-state index in [0.717, 1.165) is 52.4 Å². The predicted molar refractivity (Wildman–Crippen MR) is 121 cm³/mol. The second-order valence-corrected chi connectivity index (χ2v) is 8.55. The normalized spacial score (nSPS) is 20.1. The molecular formula is C24H25FN6O. The first-order valence-electron chi connectivity index (χ1n) is 10.7. The number of likely N-dealkylation sites (N-methyl/N-ethyl adjacent to an activating group) is 1. The first-order valence-corrected chi connectivity index (χ1v) is 10.7. The third-order valence-electron chi connectivity index (χ3n) is 6.12. The van der Waals surface area contributed by atoms with E-state index < -0.39 is 0 Å². The summed E-state index contributed by atoms with van der Waals surface area (Å²) in [4.78, 5) is 21.1. The number of aryl methyl sites for hydroxylation is 1. The Morgan fingerprint density at radius 2 is 2.03 bits per heavy atom. The van der Waals surface area contributed by atoms with Crippen LogP contribution in [-0.4, -0.2) is 51.8 Å². The van der Waals surface area contributed by atoms with Crippen molar-refractivity contribution in [3.05, 3.63) is 71.1 Å². The molecular weight excluding hydrogens is 407 g/mol. The Hall–Kier alpha value is -3.39. The standard InChI is InChI=1S/C24H25FN6O/c1-14-23-21(29-24(26)28-14)8-16(9-22(23)30-32-18-12-31(2)13-18)19-6-5-17(25)10-20(19)15-4-3-7-27-11-15/h3-7,10-11,16,18H,8-9,12-13H2,1-2H3,(H2,26,28,29)/b30-22+/t16-/m0/s1. The van der Waals surface area contributed by atoms with Crippen molar-refractivity contribution in [3.63, 3.8) is 0 Å². The van der Waals surface area contributed by atoms with Crippen LogP contribution in [0.15, 0.2) is 47.9 Å². The van der Waals surface area contributed by atoms with Crippen LogP contribution in [0, 0.1) is 12.7 Å². The Balaban J connectivity index is 1.56. The molecule has 2 aromatic heterocycles. The van der Waals surface area contributed by atoms with Gasteiger partial charge < -0.3 is 10.6 Å². The number of likely N-dealkylation sites (tertiary alicyclic amines) is 1. The van der Waals surface area contributed by atoms with Gasteiger partial charge in [-0.3, -0.25) is 9.88 Å². The molecule has 0 spiro atoms. The summed E-state index contributed by atoms with van der Waals surface area (Å²) >= 11 is 0. The van der Waals surface area contributed by atoms with Gasteiger partial charge >= 0.3 is 0 Å². The van der Waals surface area contributed by atoms with Crippen LogP contribution < -0.4 is 5.73 Å². The number of rotatable bonds is 4. The number of nitrogens with zero attached hydrogens (tertiary/aromatic N) is 5. The first kappa shape index (κ1) is 20.5. The highest BCUT2D eigenvalue weighted by Crippen LogP contribution is 2.38. The lowest BCUT2D eigenvalue weighted by atomic mass is 9.78. The van der Waals surface area contributed by atoms with Crippen LogP contribution in [0.3, 0.4) is 0 Å². The maximum atomic E-state index is 14.2. The van der Waals surface area contributed by atoms with Crippen molar-refractivity contribution in [2.75, 3.05) is 25.9 Å². The quantitative estimate of drug-likeness (QED) is 0.636. The lowest BCUT2D eigenvalue weighted by molar-refractivity contribution is -0.0413. The minimum absolute atomic E-state index is 0.0402. The largest absolute Gasteiger partial charge is 0.390 e. The molecule has 0 radical (unpaired) electrons. The van der Waals surface area contributed by atoms with E-state index >= 15 is 0 Å². The van der Waals surface area contributed by atoms with Crippen molar-refractivity contribution >= 4 is 11.7 Å². The van der Waals surface area contributed by atoms with Crippen molar-refractivity contribution in [2.45, 2.75) is 31.8 Å². The average molecular weight is 433 g/mol. The van der Waals surface area contributed by atoms with Gasteiger partial charge in [-0.25, -0.2) is 14.4 Å². The highest BCUT2D eigenvalue weighted by atomic mass is 19.1. The Kier molecular flexibility index (Phi) is 5.30. The summed E-state index contributed by atoms with van der Waals surface area (Å²) in [7, 11) is 2.05. The van der Waals surface area contributed by atoms with Gasteiger partial charge in [0.25, 0.3) is 0 Å². The molecule has 164 valence electrons. The SMILES string of the molecule is Cc1nc(N)nc2c1/C(=N/OC1CN(C)C1)C[C@@H](c1ccc(F)cc1-c1cccnc1)C2. The molecule has 1 fully saturated rings. The average Bonchev–Trinajstić information content (AvgIpc) is 2.75. The van der Waals surface area contributed by atoms with Gasteiger partial charge in [-0.05, 0) is 55.6 Å². The van der Waals surface area contributed by atoms with Gasteiger partial charge in [0, 0.05) is 43.0 Å². The summed E-state index contributed by atoms with van der Waals surface area (Å²) in [5.74, 6) is 0.00495. The van der Waals surface area contributed by atoms with Crippen LogP contribution in [0.1, 0.15) is 34.9 Å². The van der Waals surface area contributed by atoms with Crippen molar-refractivity contribution in [1.82, 2.24) is 19.9 Å². The summed E-state index contributed by atoms with van der Waals surface area (Å²) in [5, 5.41) is 4.55. The minimum Gasteiger partial charge on any atom is -0.390 e. The molecule has 32 heavy (non-hydrogen) atoms. The molecule has 1 saturated heterocycles. The summed E-state index contributed by atoms with van der Waals surface area (Å²) in [6, 6.07) is 8.72. The van der Waals surface area contributed by atoms with E-state index in [1.165, 1.54) is 6.07 Å². The van der Waals surface area contributed by atoms with E-state index in [9.17, 15) is 4.39 Å². The Bertz CT molecular complexity index is 1180. The topological polar surface area (TPSA) is 89.5 Å². The number of aromatic nitrogens is 3.